The summed E-state index contributed by atoms with van der Waals surface area (Å²) >= 11 is 0. The maximum absolute atomic E-state index is 13.4. The molecular weight excluding hydrogens is 548 g/mol. The van der Waals surface area contributed by atoms with Crippen molar-refractivity contribution in [2.45, 2.75) is 38.2 Å². The molecule has 232 valence electrons. The Morgan fingerprint density at radius 1 is 0.884 bits per heavy atom. The fourth-order valence-corrected chi connectivity index (χ4v) is 5.60. The fraction of sp³-hybridized carbons (Fsp3) is 0.441. The predicted molar refractivity (Wildman–Crippen MR) is 166 cm³/mol. The van der Waals surface area contributed by atoms with Crippen molar-refractivity contribution in [3.05, 3.63) is 76.9 Å². The SMILES string of the molecule is CCNC(=O)c1ccc(OC)c(OCCCOC)c1[C@@H]1CNCC[C@H]1c1cccc(OCc2cc(OC)cc(OC)c2)c1. The Bertz CT molecular complexity index is 1320. The summed E-state index contributed by atoms with van der Waals surface area (Å²) < 4.78 is 34.4. The van der Waals surface area contributed by atoms with Crippen LogP contribution in [0.3, 0.4) is 0 Å². The molecule has 3 aromatic carbocycles. The second-order valence-electron chi connectivity index (χ2n) is 10.4. The van der Waals surface area contributed by atoms with E-state index in [1.54, 1.807) is 28.4 Å². The lowest BCUT2D eigenvalue weighted by atomic mass is 9.75. The molecule has 1 heterocycles. The Balaban J connectivity index is 1.68. The molecule has 9 nitrogen and oxygen atoms in total. The molecule has 1 aliphatic heterocycles. The van der Waals surface area contributed by atoms with Crippen molar-refractivity contribution in [3.63, 3.8) is 0 Å². The van der Waals surface area contributed by atoms with Crippen LogP contribution >= 0.6 is 0 Å². The van der Waals surface area contributed by atoms with Gasteiger partial charge in [-0.05, 0) is 73.3 Å². The first-order chi connectivity index (χ1) is 21.0. The minimum Gasteiger partial charge on any atom is -0.497 e. The number of rotatable bonds is 15. The monoisotopic (exact) mass is 592 g/mol. The van der Waals surface area contributed by atoms with E-state index in [0.717, 1.165) is 41.8 Å². The smallest absolute Gasteiger partial charge is 0.251 e. The van der Waals surface area contributed by atoms with Crippen LogP contribution < -0.4 is 34.3 Å². The van der Waals surface area contributed by atoms with Crippen LogP contribution in [0.5, 0.6) is 28.7 Å². The summed E-state index contributed by atoms with van der Waals surface area (Å²) in [4.78, 5) is 13.4. The summed E-state index contributed by atoms with van der Waals surface area (Å²) in [7, 11) is 6.57. The van der Waals surface area contributed by atoms with Crippen LogP contribution in [0, 0.1) is 0 Å². The number of carbonyl (C=O) groups is 1. The molecule has 1 saturated heterocycles. The van der Waals surface area contributed by atoms with Gasteiger partial charge in [-0.1, -0.05) is 12.1 Å². The van der Waals surface area contributed by atoms with Crippen molar-refractivity contribution < 1.29 is 33.2 Å². The van der Waals surface area contributed by atoms with Gasteiger partial charge in [0.05, 0.1) is 27.9 Å². The Morgan fingerprint density at radius 3 is 2.37 bits per heavy atom. The Morgan fingerprint density at radius 2 is 1.67 bits per heavy atom. The van der Waals surface area contributed by atoms with Gasteiger partial charge >= 0.3 is 0 Å². The molecule has 4 rings (SSSR count). The van der Waals surface area contributed by atoms with Crippen LogP contribution in [0.1, 0.15) is 58.6 Å². The molecule has 1 aliphatic rings. The third-order valence-corrected chi connectivity index (χ3v) is 7.66. The Labute approximate surface area is 254 Å². The Hall–Kier alpha value is -3.95. The zero-order chi connectivity index (χ0) is 30.6. The third-order valence-electron chi connectivity index (χ3n) is 7.66. The van der Waals surface area contributed by atoms with E-state index in [4.69, 9.17) is 28.4 Å². The van der Waals surface area contributed by atoms with Gasteiger partial charge < -0.3 is 39.1 Å². The van der Waals surface area contributed by atoms with Crippen LogP contribution in [0.2, 0.25) is 0 Å². The third kappa shape index (κ3) is 8.12. The molecule has 2 N–H and O–H groups in total. The number of ether oxygens (including phenoxy) is 6. The minimum atomic E-state index is -0.128. The van der Waals surface area contributed by atoms with Crippen molar-refractivity contribution in [1.82, 2.24) is 10.6 Å². The fourth-order valence-electron chi connectivity index (χ4n) is 5.60. The highest BCUT2D eigenvalue weighted by molar-refractivity contribution is 5.97. The van der Waals surface area contributed by atoms with Crippen molar-refractivity contribution in [3.8, 4) is 28.7 Å². The number of piperidine rings is 1. The van der Waals surface area contributed by atoms with E-state index >= 15 is 0 Å². The maximum atomic E-state index is 13.4. The molecular formula is C34H44N2O7. The molecule has 43 heavy (non-hydrogen) atoms. The number of amides is 1. The molecule has 0 aromatic heterocycles. The van der Waals surface area contributed by atoms with E-state index in [-0.39, 0.29) is 17.7 Å². The van der Waals surface area contributed by atoms with Gasteiger partial charge in [0, 0.05) is 56.3 Å². The zero-order valence-electron chi connectivity index (χ0n) is 25.9. The largest absolute Gasteiger partial charge is 0.497 e. The molecule has 1 fully saturated rings. The number of nitrogens with one attached hydrogen (secondary N) is 2. The molecule has 0 radical (unpaired) electrons. The van der Waals surface area contributed by atoms with E-state index in [1.807, 2.05) is 49.4 Å². The molecule has 2 atom stereocenters. The number of methoxy groups -OCH3 is 4. The summed E-state index contributed by atoms with van der Waals surface area (Å²) in [5, 5.41) is 6.53. The average molecular weight is 593 g/mol. The van der Waals surface area contributed by atoms with Gasteiger partial charge in [0.25, 0.3) is 5.91 Å². The number of benzene rings is 3. The number of carbonyl (C=O) groups excluding carboxylic acids is 1. The van der Waals surface area contributed by atoms with Gasteiger partial charge in [-0.15, -0.1) is 0 Å². The van der Waals surface area contributed by atoms with Crippen molar-refractivity contribution in [1.29, 1.82) is 0 Å². The molecule has 1 amide bonds. The van der Waals surface area contributed by atoms with Gasteiger partial charge in [-0.2, -0.15) is 0 Å². The Kier molecular flexibility index (Phi) is 11.9. The lowest BCUT2D eigenvalue weighted by Crippen LogP contribution is -2.36. The van der Waals surface area contributed by atoms with Crippen LogP contribution in [-0.2, 0) is 11.3 Å². The second-order valence-corrected chi connectivity index (χ2v) is 10.4. The lowest BCUT2D eigenvalue weighted by Gasteiger charge is -2.35. The van der Waals surface area contributed by atoms with Gasteiger partial charge in [-0.3, -0.25) is 4.79 Å². The summed E-state index contributed by atoms with van der Waals surface area (Å²) in [6.07, 6.45) is 1.60. The number of hydrogen-bond acceptors (Lipinski definition) is 8. The first-order valence-corrected chi connectivity index (χ1v) is 14.8. The van der Waals surface area contributed by atoms with Gasteiger partial charge in [0.1, 0.15) is 23.9 Å². The highest BCUT2D eigenvalue weighted by atomic mass is 16.5. The average Bonchev–Trinajstić information content (AvgIpc) is 3.05. The van der Waals surface area contributed by atoms with Gasteiger partial charge in [-0.25, -0.2) is 0 Å². The van der Waals surface area contributed by atoms with E-state index < -0.39 is 0 Å². The van der Waals surface area contributed by atoms with Gasteiger partial charge in [0.2, 0.25) is 0 Å². The quantitative estimate of drug-likeness (QED) is 0.229. The summed E-state index contributed by atoms with van der Waals surface area (Å²) in [5.74, 6) is 3.35. The zero-order valence-corrected chi connectivity index (χ0v) is 25.9. The molecule has 0 bridgehead atoms. The molecule has 0 saturated carbocycles. The highest BCUT2D eigenvalue weighted by Crippen LogP contribution is 2.46. The van der Waals surface area contributed by atoms with Crippen molar-refractivity contribution in [2.24, 2.45) is 0 Å². The highest BCUT2D eigenvalue weighted by Gasteiger charge is 2.34. The lowest BCUT2D eigenvalue weighted by molar-refractivity contribution is 0.0953. The number of hydrogen-bond donors (Lipinski definition) is 2. The van der Waals surface area contributed by atoms with Crippen LogP contribution in [0.25, 0.3) is 0 Å². The van der Waals surface area contributed by atoms with Crippen molar-refractivity contribution in [2.75, 3.05) is 61.3 Å². The summed E-state index contributed by atoms with van der Waals surface area (Å²) in [6.45, 7) is 5.38. The maximum Gasteiger partial charge on any atom is 0.251 e. The summed E-state index contributed by atoms with van der Waals surface area (Å²) in [5.41, 5.74) is 3.54. The normalized spacial score (nSPS) is 16.3. The van der Waals surface area contributed by atoms with E-state index in [0.29, 0.717) is 61.5 Å². The van der Waals surface area contributed by atoms with Crippen LogP contribution in [-0.4, -0.2) is 67.2 Å². The van der Waals surface area contributed by atoms with Crippen LogP contribution in [0.4, 0.5) is 0 Å². The van der Waals surface area contributed by atoms with Crippen molar-refractivity contribution >= 4 is 5.91 Å². The van der Waals surface area contributed by atoms with Crippen LogP contribution in [0.15, 0.2) is 54.6 Å². The minimum absolute atomic E-state index is 0.0447. The van der Waals surface area contributed by atoms with E-state index in [2.05, 4.69) is 22.8 Å². The van der Waals surface area contributed by atoms with Gasteiger partial charge in [0.15, 0.2) is 11.5 Å². The first-order valence-electron chi connectivity index (χ1n) is 14.8. The van der Waals surface area contributed by atoms with E-state index in [1.165, 1.54) is 0 Å². The molecule has 0 aliphatic carbocycles. The molecule has 0 spiro atoms. The standard InChI is InChI=1S/C34H44N2O7/c1-6-36-34(37)29-11-12-31(41-5)33(42-16-8-15-38-2)32(29)30-21-35-14-13-28(30)24-9-7-10-25(19-24)43-22-23-17-26(39-3)20-27(18-23)40-4/h7,9-12,17-20,28,30,35H,6,8,13-16,21-22H2,1-5H3,(H,36,37)/t28-,30+/m0/s1. The molecule has 3 aromatic rings. The first kappa shape index (κ1) is 32.0. The molecule has 0 unspecified atom stereocenters. The summed E-state index contributed by atoms with van der Waals surface area (Å²) in [6, 6.07) is 17.6. The molecule has 9 heteroatoms. The topological polar surface area (TPSA) is 96.5 Å². The van der Waals surface area contributed by atoms with E-state index in [9.17, 15) is 4.79 Å². The predicted octanol–water partition coefficient (Wildman–Crippen LogP) is 5.32. The second kappa shape index (κ2) is 16.0.